The van der Waals surface area contributed by atoms with Crippen LogP contribution in [-0.2, 0) is 23.9 Å². The number of aromatic amines is 1. The van der Waals surface area contributed by atoms with E-state index in [-0.39, 0.29) is 29.5 Å². The summed E-state index contributed by atoms with van der Waals surface area (Å²) in [5.41, 5.74) is 1.81. The van der Waals surface area contributed by atoms with E-state index >= 15 is 0 Å². The minimum Gasteiger partial charge on any atom is -0.496 e. The van der Waals surface area contributed by atoms with Gasteiger partial charge in [-0.3, -0.25) is 24.2 Å². The van der Waals surface area contributed by atoms with Gasteiger partial charge in [0.1, 0.15) is 17.5 Å². The van der Waals surface area contributed by atoms with Gasteiger partial charge in [0.05, 0.1) is 18.7 Å². The van der Waals surface area contributed by atoms with Crippen LogP contribution in [0.5, 0.6) is 5.75 Å². The second-order valence-corrected chi connectivity index (χ2v) is 11.9. The van der Waals surface area contributed by atoms with E-state index in [0.717, 1.165) is 5.39 Å². The molecule has 3 atom stereocenters. The van der Waals surface area contributed by atoms with E-state index in [4.69, 9.17) is 19.4 Å². The van der Waals surface area contributed by atoms with Crippen molar-refractivity contribution in [1.82, 2.24) is 25.9 Å². The van der Waals surface area contributed by atoms with Crippen LogP contribution in [0.1, 0.15) is 59.5 Å². The number of pyridine rings is 1. The van der Waals surface area contributed by atoms with Gasteiger partial charge in [0.2, 0.25) is 11.8 Å². The van der Waals surface area contributed by atoms with Crippen LogP contribution in [0.2, 0.25) is 0 Å². The van der Waals surface area contributed by atoms with Crippen LogP contribution in [0.25, 0.3) is 10.9 Å². The summed E-state index contributed by atoms with van der Waals surface area (Å²) in [7, 11) is 1.54. The molecule has 0 saturated carbocycles. The molecule has 0 unspecified atom stereocenters. The summed E-state index contributed by atoms with van der Waals surface area (Å²) in [5, 5.41) is 16.1. The number of aromatic nitrogens is 2. The maximum Gasteiger partial charge on any atom is 0.490 e. The number of aryl methyl sites for hydroxylation is 1. The van der Waals surface area contributed by atoms with E-state index in [2.05, 4.69) is 25.9 Å². The fourth-order valence-electron chi connectivity index (χ4n) is 5.06. The van der Waals surface area contributed by atoms with Crippen LogP contribution in [0, 0.1) is 18.8 Å². The average molecular weight is 706 g/mol. The predicted molar refractivity (Wildman–Crippen MR) is 171 cm³/mol. The lowest BCUT2D eigenvalue weighted by Gasteiger charge is -2.25. The zero-order valence-electron chi connectivity index (χ0n) is 27.7. The first kappa shape index (κ1) is 39.0. The van der Waals surface area contributed by atoms with Crippen molar-refractivity contribution in [3.05, 3.63) is 59.5 Å². The standard InChI is InChI=1S/C31H37N5O7.C2HF3O2/c1-17(2)12-24(36-30(40)25-14-20-22(34-25)6-5-7-27(20)42-4)29(39)35-23(13-19-9-11-33-28(19)38)26(37)16-43-31(41)21-15-32-10-8-18(21)3;3-2(4,5)1(6)7/h5-8,10,14-15,17,19,23-24,34H,9,11-13,16H2,1-4H3,(H,33,38)(H,35,39)(H,36,40);(H,6,7)/t19-,23-,24-;/m0./s1. The van der Waals surface area contributed by atoms with Gasteiger partial charge in [0.25, 0.3) is 5.91 Å². The third-order valence-electron chi connectivity index (χ3n) is 7.65. The number of aliphatic carboxylic acids is 1. The van der Waals surface area contributed by atoms with Gasteiger partial charge in [-0.2, -0.15) is 13.2 Å². The van der Waals surface area contributed by atoms with Crippen molar-refractivity contribution in [2.75, 3.05) is 20.3 Å². The number of ether oxygens (including phenoxy) is 2. The number of esters is 1. The minimum atomic E-state index is -5.08. The van der Waals surface area contributed by atoms with Gasteiger partial charge < -0.3 is 35.5 Å². The maximum atomic E-state index is 13.6. The number of rotatable bonds is 13. The number of methoxy groups -OCH3 is 1. The monoisotopic (exact) mass is 705 g/mol. The summed E-state index contributed by atoms with van der Waals surface area (Å²) in [6.45, 7) is 5.40. The predicted octanol–water partition coefficient (Wildman–Crippen LogP) is 3.09. The highest BCUT2D eigenvalue weighted by Gasteiger charge is 2.38. The molecule has 14 nitrogen and oxygen atoms in total. The lowest BCUT2D eigenvalue weighted by Crippen LogP contribution is -2.53. The molecule has 4 rings (SSSR count). The number of alkyl halides is 3. The van der Waals surface area contributed by atoms with Crippen LogP contribution < -0.4 is 20.7 Å². The summed E-state index contributed by atoms with van der Waals surface area (Å²) >= 11 is 0. The number of amides is 3. The van der Waals surface area contributed by atoms with Gasteiger partial charge in [-0.15, -0.1) is 0 Å². The van der Waals surface area contributed by atoms with Crippen molar-refractivity contribution < 1.29 is 56.5 Å². The lowest BCUT2D eigenvalue weighted by molar-refractivity contribution is -0.192. The van der Waals surface area contributed by atoms with Crippen LogP contribution >= 0.6 is 0 Å². The topological polar surface area (TPSA) is 206 Å². The summed E-state index contributed by atoms with van der Waals surface area (Å²) in [6, 6.07) is 6.59. The van der Waals surface area contributed by atoms with Gasteiger partial charge in [-0.25, -0.2) is 9.59 Å². The average Bonchev–Trinajstić information content (AvgIpc) is 3.68. The van der Waals surface area contributed by atoms with Gasteiger partial charge in [0, 0.05) is 35.8 Å². The van der Waals surface area contributed by atoms with Crippen molar-refractivity contribution in [2.45, 2.75) is 58.3 Å². The molecule has 0 spiro atoms. The number of carbonyl (C=O) groups is 6. The Kier molecular flexibility index (Phi) is 13.4. The number of carboxylic acids is 1. The third kappa shape index (κ3) is 10.8. The van der Waals surface area contributed by atoms with Gasteiger partial charge in [-0.05, 0) is 61.9 Å². The number of hydrogen-bond donors (Lipinski definition) is 5. The Hall–Kier alpha value is -5.48. The number of nitrogens with one attached hydrogen (secondary N) is 4. The van der Waals surface area contributed by atoms with Crippen molar-refractivity contribution in [2.24, 2.45) is 11.8 Å². The smallest absolute Gasteiger partial charge is 0.490 e. The Morgan fingerprint density at radius 3 is 2.38 bits per heavy atom. The molecule has 5 N–H and O–H groups in total. The Bertz CT molecular complexity index is 1720. The van der Waals surface area contributed by atoms with Gasteiger partial charge in [0.15, 0.2) is 12.4 Å². The number of halogens is 3. The molecule has 2 aromatic heterocycles. The fraction of sp³-hybridized carbons (Fsp3) is 0.424. The van der Waals surface area contributed by atoms with E-state index in [0.29, 0.717) is 36.2 Å². The zero-order chi connectivity index (χ0) is 37.2. The number of carbonyl (C=O) groups excluding carboxylic acids is 5. The van der Waals surface area contributed by atoms with E-state index in [1.807, 2.05) is 19.9 Å². The molecule has 50 heavy (non-hydrogen) atoms. The molecule has 0 radical (unpaired) electrons. The summed E-state index contributed by atoms with van der Waals surface area (Å²) in [6.07, 6.45) is -1.36. The molecule has 0 aliphatic carbocycles. The second-order valence-electron chi connectivity index (χ2n) is 11.9. The molecule has 3 heterocycles. The van der Waals surface area contributed by atoms with E-state index in [9.17, 15) is 37.1 Å². The number of benzene rings is 1. The van der Waals surface area contributed by atoms with E-state index in [1.165, 1.54) is 19.5 Å². The summed E-state index contributed by atoms with van der Waals surface area (Å²) in [5.74, 6) is -5.21. The number of carboxylic acid groups (broad SMARTS) is 1. The summed E-state index contributed by atoms with van der Waals surface area (Å²) < 4.78 is 42.4. The highest BCUT2D eigenvalue weighted by Crippen LogP contribution is 2.26. The Morgan fingerprint density at radius 2 is 1.80 bits per heavy atom. The minimum absolute atomic E-state index is 0.0253. The molecule has 1 saturated heterocycles. The molecule has 1 aliphatic rings. The Labute approximate surface area is 284 Å². The first-order chi connectivity index (χ1) is 23.5. The largest absolute Gasteiger partial charge is 0.496 e. The molecule has 17 heteroatoms. The number of fused-ring (bicyclic) bond motifs is 1. The second kappa shape index (κ2) is 17.3. The molecule has 3 amide bonds. The highest BCUT2D eigenvalue weighted by atomic mass is 19.4. The van der Waals surface area contributed by atoms with Crippen LogP contribution in [0.4, 0.5) is 13.2 Å². The first-order valence-corrected chi connectivity index (χ1v) is 15.5. The van der Waals surface area contributed by atoms with Crippen molar-refractivity contribution >= 4 is 46.3 Å². The van der Waals surface area contributed by atoms with Crippen LogP contribution in [0.3, 0.4) is 0 Å². The Balaban J connectivity index is 0.000000872. The maximum absolute atomic E-state index is 13.6. The molecule has 0 bridgehead atoms. The number of nitrogens with zero attached hydrogens (tertiary/aromatic N) is 1. The zero-order valence-corrected chi connectivity index (χ0v) is 27.7. The number of H-pyrrole nitrogens is 1. The highest BCUT2D eigenvalue weighted by molar-refractivity contribution is 6.02. The fourth-order valence-corrected chi connectivity index (χ4v) is 5.06. The first-order valence-electron chi connectivity index (χ1n) is 15.5. The number of Topliss-reactive ketones (excluding diaryl/α,β-unsaturated/α-hetero) is 1. The molecule has 1 aliphatic heterocycles. The molecular weight excluding hydrogens is 667 g/mol. The van der Waals surface area contributed by atoms with Crippen LogP contribution in [0.15, 0.2) is 42.7 Å². The normalized spacial score (nSPS) is 15.3. The number of hydrogen-bond acceptors (Lipinski definition) is 9. The molecule has 270 valence electrons. The third-order valence-corrected chi connectivity index (χ3v) is 7.65. The molecule has 3 aromatic rings. The Morgan fingerprint density at radius 1 is 1.10 bits per heavy atom. The quantitative estimate of drug-likeness (QED) is 0.164. The van der Waals surface area contributed by atoms with Crippen molar-refractivity contribution in [3.63, 3.8) is 0 Å². The molecule has 1 aromatic carbocycles. The molecule has 1 fully saturated rings. The van der Waals surface area contributed by atoms with E-state index in [1.54, 1.807) is 31.2 Å². The number of ketones is 1. The molecular formula is C33H38F3N5O9. The van der Waals surface area contributed by atoms with Gasteiger partial charge >= 0.3 is 18.1 Å². The van der Waals surface area contributed by atoms with Crippen molar-refractivity contribution in [1.29, 1.82) is 0 Å². The van der Waals surface area contributed by atoms with Crippen molar-refractivity contribution in [3.8, 4) is 5.75 Å². The summed E-state index contributed by atoms with van der Waals surface area (Å²) in [4.78, 5) is 80.9. The lowest BCUT2D eigenvalue weighted by atomic mass is 9.95. The van der Waals surface area contributed by atoms with Gasteiger partial charge in [-0.1, -0.05) is 19.9 Å². The SMILES string of the molecule is COc1cccc2[nH]c(C(=O)N[C@@H](CC(C)C)C(=O)N[C@@H](C[C@@H]3CCNC3=O)C(=O)COC(=O)c3cnccc3C)cc12.O=C(O)C(F)(F)F. The van der Waals surface area contributed by atoms with E-state index < -0.39 is 60.3 Å². The van der Waals surface area contributed by atoms with Crippen LogP contribution in [-0.4, -0.2) is 89.0 Å².